The lowest BCUT2D eigenvalue weighted by Crippen LogP contribution is -2.08. The van der Waals surface area contributed by atoms with Gasteiger partial charge in [0.15, 0.2) is 0 Å². The number of aromatic carboxylic acids is 1. The van der Waals surface area contributed by atoms with Crippen molar-refractivity contribution in [2.75, 3.05) is 0 Å². The number of rotatable bonds is 3. The highest BCUT2D eigenvalue weighted by molar-refractivity contribution is 6.30. The van der Waals surface area contributed by atoms with Crippen molar-refractivity contribution in [1.82, 2.24) is 9.78 Å². The fraction of sp³-hybridized carbons (Fsp3) is 0.167. The number of hydrogen-bond acceptors (Lipinski definition) is 3. The molecule has 1 aromatic heterocycles. The molecular weight excluding hydrogens is 313 g/mol. The van der Waals surface area contributed by atoms with E-state index in [0.717, 1.165) is 16.9 Å². The van der Waals surface area contributed by atoms with Crippen LogP contribution in [0.2, 0.25) is 5.02 Å². The summed E-state index contributed by atoms with van der Waals surface area (Å²) in [7, 11) is 1.42. The van der Waals surface area contributed by atoms with Gasteiger partial charge in [-0.2, -0.15) is 13.2 Å². The summed E-state index contributed by atoms with van der Waals surface area (Å²) < 4.78 is 44.9. The Kier molecular flexibility index (Phi) is 3.82. The Labute approximate surface area is 121 Å². The maximum absolute atomic E-state index is 12.9. The Morgan fingerprint density at radius 3 is 2.67 bits per heavy atom. The van der Waals surface area contributed by atoms with E-state index in [9.17, 15) is 18.0 Å². The molecule has 2 aromatic rings. The molecule has 0 aliphatic rings. The van der Waals surface area contributed by atoms with Crippen molar-refractivity contribution in [2.24, 2.45) is 7.05 Å². The summed E-state index contributed by atoms with van der Waals surface area (Å²) in [5.41, 5.74) is -1.46. The second-order valence-corrected chi connectivity index (χ2v) is 4.50. The molecule has 0 atom stereocenters. The second kappa shape index (κ2) is 5.28. The van der Waals surface area contributed by atoms with Crippen molar-refractivity contribution < 1.29 is 27.8 Å². The van der Waals surface area contributed by atoms with Crippen molar-refractivity contribution in [3.8, 4) is 11.6 Å². The van der Waals surface area contributed by atoms with Gasteiger partial charge in [-0.15, -0.1) is 5.10 Å². The van der Waals surface area contributed by atoms with Crippen molar-refractivity contribution in [3.63, 3.8) is 0 Å². The molecule has 0 saturated heterocycles. The van der Waals surface area contributed by atoms with Crippen molar-refractivity contribution in [3.05, 3.63) is 40.5 Å². The number of halogens is 4. The van der Waals surface area contributed by atoms with Crippen LogP contribution in [0.1, 0.15) is 15.9 Å². The molecular formula is C12H8ClF3N2O3. The largest absolute Gasteiger partial charge is 0.477 e. The molecule has 0 bridgehead atoms. The molecule has 0 unspecified atom stereocenters. The van der Waals surface area contributed by atoms with Crippen LogP contribution in [0.4, 0.5) is 13.2 Å². The van der Waals surface area contributed by atoms with Gasteiger partial charge in [-0.1, -0.05) is 11.6 Å². The fourth-order valence-electron chi connectivity index (χ4n) is 1.61. The smallest absolute Gasteiger partial charge is 0.420 e. The standard InChI is InChI=1S/C12H8ClF3N2O3/c1-18-5-7(11(19)20)10(17-18)21-9-3-2-6(13)4-8(9)12(14,15)16/h2-5H,1H3,(H,19,20). The average molecular weight is 321 g/mol. The zero-order valence-corrected chi connectivity index (χ0v) is 11.2. The maximum atomic E-state index is 12.9. The lowest BCUT2D eigenvalue weighted by Gasteiger charge is -2.13. The number of carboxylic acids is 1. The van der Waals surface area contributed by atoms with E-state index in [0.29, 0.717) is 6.07 Å². The summed E-state index contributed by atoms with van der Waals surface area (Å²) in [5, 5.41) is 12.5. The third-order valence-electron chi connectivity index (χ3n) is 2.48. The number of hydrogen-bond donors (Lipinski definition) is 1. The Morgan fingerprint density at radius 1 is 1.43 bits per heavy atom. The topological polar surface area (TPSA) is 64.4 Å². The van der Waals surface area contributed by atoms with Crippen LogP contribution in [0.5, 0.6) is 11.6 Å². The minimum absolute atomic E-state index is 0.117. The summed E-state index contributed by atoms with van der Waals surface area (Å²) in [4.78, 5) is 11.0. The number of carboxylic acid groups (broad SMARTS) is 1. The molecule has 0 amide bonds. The number of ether oxygens (including phenoxy) is 1. The first-order chi connectivity index (χ1) is 9.68. The zero-order valence-electron chi connectivity index (χ0n) is 10.5. The van der Waals surface area contributed by atoms with Gasteiger partial charge in [0.05, 0.1) is 5.56 Å². The second-order valence-electron chi connectivity index (χ2n) is 4.07. The van der Waals surface area contributed by atoms with Gasteiger partial charge in [-0.3, -0.25) is 4.68 Å². The van der Waals surface area contributed by atoms with Crippen LogP contribution in [0.15, 0.2) is 24.4 Å². The van der Waals surface area contributed by atoms with Gasteiger partial charge >= 0.3 is 12.1 Å². The average Bonchev–Trinajstić information content (AvgIpc) is 2.71. The van der Waals surface area contributed by atoms with Crippen LogP contribution < -0.4 is 4.74 Å². The predicted molar refractivity (Wildman–Crippen MR) is 66.7 cm³/mol. The van der Waals surface area contributed by atoms with Crippen LogP contribution in [0, 0.1) is 0 Å². The molecule has 9 heteroatoms. The third-order valence-corrected chi connectivity index (χ3v) is 2.71. The van der Waals surface area contributed by atoms with E-state index < -0.39 is 29.3 Å². The molecule has 1 N–H and O–H groups in total. The summed E-state index contributed by atoms with van der Waals surface area (Å²) in [6, 6.07) is 2.90. The number of aromatic nitrogens is 2. The summed E-state index contributed by atoms with van der Waals surface area (Å²) >= 11 is 5.54. The number of aryl methyl sites for hydroxylation is 1. The number of carbonyl (C=O) groups is 1. The molecule has 21 heavy (non-hydrogen) atoms. The van der Waals surface area contributed by atoms with E-state index in [1.807, 2.05) is 0 Å². The van der Waals surface area contributed by atoms with Crippen molar-refractivity contribution in [2.45, 2.75) is 6.18 Å². The van der Waals surface area contributed by atoms with Gasteiger partial charge in [0.25, 0.3) is 5.88 Å². The van der Waals surface area contributed by atoms with Gasteiger partial charge in [-0.05, 0) is 18.2 Å². The van der Waals surface area contributed by atoms with Gasteiger partial charge in [0.2, 0.25) is 0 Å². The molecule has 0 spiro atoms. The highest BCUT2D eigenvalue weighted by Gasteiger charge is 2.35. The number of benzene rings is 1. The molecule has 5 nitrogen and oxygen atoms in total. The quantitative estimate of drug-likeness (QED) is 0.938. The van der Waals surface area contributed by atoms with E-state index in [2.05, 4.69) is 5.10 Å². The maximum Gasteiger partial charge on any atom is 0.420 e. The molecule has 1 heterocycles. The van der Waals surface area contributed by atoms with Crippen LogP contribution in [0.3, 0.4) is 0 Å². The minimum atomic E-state index is -4.70. The van der Waals surface area contributed by atoms with E-state index in [1.54, 1.807) is 0 Å². The first kappa shape index (κ1) is 15.2. The molecule has 0 aliphatic carbocycles. The van der Waals surface area contributed by atoms with Gasteiger partial charge in [-0.25, -0.2) is 4.79 Å². The molecule has 112 valence electrons. The van der Waals surface area contributed by atoms with E-state index in [4.69, 9.17) is 21.4 Å². The highest BCUT2D eigenvalue weighted by atomic mass is 35.5. The van der Waals surface area contributed by atoms with Crippen LogP contribution in [-0.4, -0.2) is 20.9 Å². The Morgan fingerprint density at radius 2 is 2.10 bits per heavy atom. The summed E-state index contributed by atoms with van der Waals surface area (Å²) in [6.45, 7) is 0. The van der Waals surface area contributed by atoms with Crippen molar-refractivity contribution in [1.29, 1.82) is 0 Å². The monoisotopic (exact) mass is 320 g/mol. The lowest BCUT2D eigenvalue weighted by molar-refractivity contribution is -0.138. The first-order valence-corrected chi connectivity index (χ1v) is 5.88. The Hall–Kier alpha value is -2.22. The molecule has 0 aliphatic heterocycles. The van der Waals surface area contributed by atoms with Gasteiger partial charge < -0.3 is 9.84 Å². The lowest BCUT2D eigenvalue weighted by atomic mass is 10.2. The Bertz CT molecular complexity index is 698. The molecule has 0 fully saturated rings. The van der Waals surface area contributed by atoms with Gasteiger partial charge in [0, 0.05) is 18.3 Å². The van der Waals surface area contributed by atoms with Crippen LogP contribution in [0.25, 0.3) is 0 Å². The molecule has 2 rings (SSSR count). The normalized spacial score (nSPS) is 11.5. The predicted octanol–water partition coefficient (Wildman–Crippen LogP) is 3.58. The number of alkyl halides is 3. The third kappa shape index (κ3) is 3.27. The summed E-state index contributed by atoms with van der Waals surface area (Å²) in [6.07, 6.45) is -3.57. The zero-order chi connectivity index (χ0) is 15.8. The summed E-state index contributed by atoms with van der Waals surface area (Å²) in [5.74, 6) is -2.37. The number of nitrogens with zero attached hydrogens (tertiary/aromatic N) is 2. The highest BCUT2D eigenvalue weighted by Crippen LogP contribution is 2.39. The molecule has 0 radical (unpaired) electrons. The van der Waals surface area contributed by atoms with E-state index in [-0.39, 0.29) is 10.6 Å². The Balaban J connectivity index is 2.48. The van der Waals surface area contributed by atoms with E-state index in [1.165, 1.54) is 13.1 Å². The van der Waals surface area contributed by atoms with Gasteiger partial charge in [0.1, 0.15) is 11.3 Å². The molecule has 0 saturated carbocycles. The fourth-order valence-corrected chi connectivity index (χ4v) is 1.78. The van der Waals surface area contributed by atoms with E-state index >= 15 is 0 Å². The van der Waals surface area contributed by atoms with Crippen LogP contribution >= 0.6 is 11.6 Å². The SMILES string of the molecule is Cn1cc(C(=O)O)c(Oc2ccc(Cl)cc2C(F)(F)F)n1. The van der Waals surface area contributed by atoms with Crippen molar-refractivity contribution >= 4 is 17.6 Å². The van der Waals surface area contributed by atoms with Crippen LogP contribution in [-0.2, 0) is 13.2 Å². The first-order valence-electron chi connectivity index (χ1n) is 5.50. The molecule has 1 aromatic carbocycles. The minimum Gasteiger partial charge on any atom is -0.477 e.